The zero-order valence-electron chi connectivity index (χ0n) is 22.1. The monoisotopic (exact) mass is 525 g/mol. The highest BCUT2D eigenvalue weighted by Gasteiger charge is 2.22. The van der Waals surface area contributed by atoms with Crippen molar-refractivity contribution < 1.29 is 23.7 Å². The van der Waals surface area contributed by atoms with E-state index in [1.807, 2.05) is 50.2 Å². The second-order valence-corrected chi connectivity index (χ2v) is 9.76. The van der Waals surface area contributed by atoms with Crippen molar-refractivity contribution in [3.05, 3.63) is 76.2 Å². The normalized spacial score (nSPS) is 12.5. The van der Waals surface area contributed by atoms with Gasteiger partial charge in [-0.05, 0) is 50.8 Å². The van der Waals surface area contributed by atoms with Crippen molar-refractivity contribution in [1.82, 2.24) is 14.5 Å². The van der Waals surface area contributed by atoms with Gasteiger partial charge in [-0.2, -0.15) is 0 Å². The Morgan fingerprint density at radius 2 is 1.74 bits per heavy atom. The lowest BCUT2D eigenvalue weighted by Gasteiger charge is -2.18. The van der Waals surface area contributed by atoms with E-state index in [0.717, 1.165) is 21.9 Å². The molecule has 6 rings (SSSR count). The minimum absolute atomic E-state index is 0.140. The first-order valence-corrected chi connectivity index (χ1v) is 12.5. The summed E-state index contributed by atoms with van der Waals surface area (Å²) < 4.78 is 24.3. The molecule has 0 saturated heterocycles. The van der Waals surface area contributed by atoms with Crippen LogP contribution in [0.2, 0.25) is 0 Å². The lowest BCUT2D eigenvalue weighted by molar-refractivity contribution is 0.0729. The van der Waals surface area contributed by atoms with Gasteiger partial charge in [-0.15, -0.1) is 0 Å². The van der Waals surface area contributed by atoms with E-state index in [-0.39, 0.29) is 18.1 Å². The van der Waals surface area contributed by atoms with Crippen molar-refractivity contribution in [2.24, 2.45) is 0 Å². The number of benzene rings is 3. The molecule has 0 fully saturated rings. The summed E-state index contributed by atoms with van der Waals surface area (Å²) in [6, 6.07) is 14.2. The SMILES string of the molecule is COc1cc2c(cc1OC(=O)c1ccccc1C)c(=O)n(CCN(C)C)c1c3cc4c(cc3ncc21)OCO4. The highest BCUT2D eigenvalue weighted by Crippen LogP contribution is 2.40. The fourth-order valence-corrected chi connectivity index (χ4v) is 4.97. The highest BCUT2D eigenvalue weighted by atomic mass is 16.7. The van der Waals surface area contributed by atoms with Crippen LogP contribution in [0, 0.1) is 6.92 Å². The molecule has 0 saturated carbocycles. The molecule has 3 aromatic carbocycles. The number of methoxy groups -OCH3 is 1. The summed E-state index contributed by atoms with van der Waals surface area (Å²) in [5.74, 6) is 1.22. The van der Waals surface area contributed by atoms with Gasteiger partial charge in [-0.3, -0.25) is 9.78 Å². The number of pyridine rings is 2. The molecule has 3 heterocycles. The number of hydrogen-bond donors (Lipinski definition) is 0. The van der Waals surface area contributed by atoms with Gasteiger partial charge in [-0.25, -0.2) is 4.79 Å². The number of rotatable bonds is 6. The van der Waals surface area contributed by atoms with E-state index in [9.17, 15) is 9.59 Å². The third-order valence-electron chi connectivity index (χ3n) is 7.01. The molecule has 0 bridgehead atoms. The largest absolute Gasteiger partial charge is 0.493 e. The van der Waals surface area contributed by atoms with Crippen LogP contribution in [-0.2, 0) is 6.54 Å². The summed E-state index contributed by atoms with van der Waals surface area (Å²) in [5, 5.41) is 2.60. The van der Waals surface area contributed by atoms with Crippen LogP contribution < -0.4 is 24.5 Å². The van der Waals surface area contributed by atoms with Gasteiger partial charge in [0.05, 0.1) is 29.1 Å². The molecule has 1 aliphatic rings. The number of aromatic nitrogens is 2. The number of fused-ring (bicyclic) bond motifs is 6. The number of carbonyl (C=O) groups is 1. The fraction of sp³-hybridized carbons (Fsp3) is 0.233. The van der Waals surface area contributed by atoms with Gasteiger partial charge in [0.1, 0.15) is 0 Å². The minimum Gasteiger partial charge on any atom is -0.493 e. The molecule has 39 heavy (non-hydrogen) atoms. The van der Waals surface area contributed by atoms with Gasteiger partial charge in [-0.1, -0.05) is 18.2 Å². The van der Waals surface area contributed by atoms with Crippen LogP contribution in [0.15, 0.2) is 59.5 Å². The van der Waals surface area contributed by atoms with Gasteiger partial charge in [0, 0.05) is 41.5 Å². The van der Waals surface area contributed by atoms with E-state index < -0.39 is 5.97 Å². The van der Waals surface area contributed by atoms with E-state index in [1.165, 1.54) is 7.11 Å². The van der Waals surface area contributed by atoms with E-state index >= 15 is 0 Å². The van der Waals surface area contributed by atoms with Gasteiger partial charge in [0.15, 0.2) is 23.0 Å². The number of carbonyl (C=O) groups excluding carboxylic acids is 1. The molecule has 9 nitrogen and oxygen atoms in total. The Kier molecular flexibility index (Phi) is 6.07. The van der Waals surface area contributed by atoms with Crippen molar-refractivity contribution in [1.29, 1.82) is 0 Å². The van der Waals surface area contributed by atoms with Gasteiger partial charge in [0.2, 0.25) is 6.79 Å². The molecule has 0 unspecified atom stereocenters. The van der Waals surface area contributed by atoms with Crippen molar-refractivity contribution in [3.8, 4) is 23.0 Å². The van der Waals surface area contributed by atoms with Gasteiger partial charge in [0.25, 0.3) is 5.56 Å². The lowest BCUT2D eigenvalue weighted by Crippen LogP contribution is -2.27. The number of ether oxygens (including phenoxy) is 4. The van der Waals surface area contributed by atoms with Crippen LogP contribution in [0.3, 0.4) is 0 Å². The zero-order valence-corrected chi connectivity index (χ0v) is 22.1. The summed E-state index contributed by atoms with van der Waals surface area (Å²) in [6.45, 7) is 3.06. The quantitative estimate of drug-likeness (QED) is 0.181. The number of hydrogen-bond acceptors (Lipinski definition) is 8. The maximum Gasteiger partial charge on any atom is 0.343 e. The maximum atomic E-state index is 14.1. The molecule has 0 spiro atoms. The summed E-state index contributed by atoms with van der Waals surface area (Å²) in [7, 11) is 5.42. The first-order chi connectivity index (χ1) is 18.9. The number of nitrogens with zero attached hydrogens (tertiary/aromatic N) is 3. The van der Waals surface area contributed by atoms with Gasteiger partial charge < -0.3 is 28.4 Å². The van der Waals surface area contributed by atoms with Crippen LogP contribution >= 0.6 is 0 Å². The van der Waals surface area contributed by atoms with Gasteiger partial charge >= 0.3 is 5.97 Å². The second-order valence-electron chi connectivity index (χ2n) is 9.76. The molecule has 5 aromatic rings. The molecule has 1 aliphatic heterocycles. The average Bonchev–Trinajstić information content (AvgIpc) is 3.39. The Labute approximate surface area is 224 Å². The fourth-order valence-electron chi connectivity index (χ4n) is 4.97. The standard InChI is InChI=1S/C30H27N3O6/c1-17-7-5-6-8-18(17)30(35)39-27-12-20-19(11-24(27)36-4)22-15-31-23-14-26-25(37-16-38-26)13-21(23)28(22)33(29(20)34)10-9-32(2)3/h5-8,11-15H,9-10,16H2,1-4H3. The van der Waals surface area contributed by atoms with E-state index in [1.54, 1.807) is 35.0 Å². The van der Waals surface area contributed by atoms with Crippen LogP contribution in [0.1, 0.15) is 15.9 Å². The van der Waals surface area contributed by atoms with Crippen LogP contribution in [0.5, 0.6) is 23.0 Å². The molecule has 198 valence electrons. The Morgan fingerprint density at radius 3 is 2.49 bits per heavy atom. The predicted octanol–water partition coefficient (Wildman–Crippen LogP) is 4.53. The molecule has 0 N–H and O–H groups in total. The maximum absolute atomic E-state index is 14.1. The zero-order chi connectivity index (χ0) is 27.3. The third kappa shape index (κ3) is 4.21. The highest BCUT2D eigenvalue weighted by molar-refractivity contribution is 6.15. The first-order valence-electron chi connectivity index (χ1n) is 12.5. The lowest BCUT2D eigenvalue weighted by atomic mass is 10.0. The summed E-state index contributed by atoms with van der Waals surface area (Å²) in [6.07, 6.45) is 1.76. The Balaban J connectivity index is 1.61. The van der Waals surface area contributed by atoms with E-state index in [0.29, 0.717) is 52.2 Å². The molecule has 0 amide bonds. The molecule has 9 heteroatoms. The smallest absolute Gasteiger partial charge is 0.343 e. The second kappa shape index (κ2) is 9.59. The Hall–Kier alpha value is -4.63. The summed E-state index contributed by atoms with van der Waals surface area (Å²) in [4.78, 5) is 33.8. The van der Waals surface area contributed by atoms with Crippen molar-refractivity contribution in [2.75, 3.05) is 34.5 Å². The van der Waals surface area contributed by atoms with Crippen molar-refractivity contribution >= 4 is 38.5 Å². The molecule has 0 radical (unpaired) electrons. The molecular formula is C30H27N3O6. The first kappa shape index (κ1) is 24.7. The summed E-state index contributed by atoms with van der Waals surface area (Å²) in [5.41, 5.74) is 2.46. The molecular weight excluding hydrogens is 498 g/mol. The van der Waals surface area contributed by atoms with E-state index in [4.69, 9.17) is 23.9 Å². The Bertz CT molecular complexity index is 1840. The van der Waals surface area contributed by atoms with Crippen LogP contribution in [0.25, 0.3) is 32.6 Å². The molecule has 0 atom stereocenters. The Morgan fingerprint density at radius 1 is 1.00 bits per heavy atom. The average molecular weight is 526 g/mol. The van der Waals surface area contributed by atoms with Crippen LogP contribution in [0.4, 0.5) is 0 Å². The predicted molar refractivity (Wildman–Crippen MR) is 148 cm³/mol. The topological polar surface area (TPSA) is 92.1 Å². The number of aryl methyl sites for hydroxylation is 1. The van der Waals surface area contributed by atoms with Crippen LogP contribution in [-0.4, -0.2) is 55.0 Å². The number of likely N-dealkylation sites (N-methyl/N-ethyl adjacent to an activating group) is 1. The molecule has 0 aliphatic carbocycles. The van der Waals surface area contributed by atoms with E-state index in [2.05, 4.69) is 0 Å². The van der Waals surface area contributed by atoms with Crippen molar-refractivity contribution in [3.63, 3.8) is 0 Å². The third-order valence-corrected chi connectivity index (χ3v) is 7.01. The summed E-state index contributed by atoms with van der Waals surface area (Å²) >= 11 is 0. The molecule has 2 aromatic heterocycles. The minimum atomic E-state index is -0.525. The number of esters is 1. The van der Waals surface area contributed by atoms with Crippen molar-refractivity contribution in [2.45, 2.75) is 13.5 Å².